The van der Waals surface area contributed by atoms with Crippen LogP contribution in [0.4, 0.5) is 0 Å². The molecule has 0 aliphatic rings. The van der Waals surface area contributed by atoms with Crippen LogP contribution in [0.2, 0.25) is 0 Å². The van der Waals surface area contributed by atoms with E-state index in [4.69, 9.17) is 5.11 Å². The zero-order valence-electron chi connectivity index (χ0n) is 10.6. The van der Waals surface area contributed by atoms with E-state index in [2.05, 4.69) is 10.1 Å². The SMILES string of the molecule is CCc1cc(C(=O)NC(CO)C(=O)OC)sc1C. The van der Waals surface area contributed by atoms with Crippen LogP contribution >= 0.6 is 11.3 Å². The van der Waals surface area contributed by atoms with Gasteiger partial charge in [0.2, 0.25) is 0 Å². The van der Waals surface area contributed by atoms with Crippen LogP contribution in [0.25, 0.3) is 0 Å². The Kier molecular flexibility index (Phi) is 5.30. The molecule has 0 bridgehead atoms. The van der Waals surface area contributed by atoms with Gasteiger partial charge in [-0.1, -0.05) is 6.92 Å². The lowest BCUT2D eigenvalue weighted by Crippen LogP contribution is -2.43. The number of rotatable bonds is 5. The summed E-state index contributed by atoms with van der Waals surface area (Å²) in [5, 5.41) is 11.5. The lowest BCUT2D eigenvalue weighted by atomic mass is 10.2. The first-order valence-electron chi connectivity index (χ1n) is 5.62. The highest BCUT2D eigenvalue weighted by atomic mass is 32.1. The van der Waals surface area contributed by atoms with E-state index in [0.717, 1.165) is 16.9 Å². The molecular formula is C12H17NO4S. The van der Waals surface area contributed by atoms with Gasteiger partial charge < -0.3 is 15.2 Å². The maximum Gasteiger partial charge on any atom is 0.330 e. The van der Waals surface area contributed by atoms with Crippen LogP contribution in [0, 0.1) is 6.92 Å². The van der Waals surface area contributed by atoms with Gasteiger partial charge in [0.1, 0.15) is 0 Å². The molecule has 100 valence electrons. The van der Waals surface area contributed by atoms with E-state index >= 15 is 0 Å². The van der Waals surface area contributed by atoms with Gasteiger partial charge in [-0.05, 0) is 25.0 Å². The molecule has 0 aliphatic carbocycles. The van der Waals surface area contributed by atoms with Gasteiger partial charge in [-0.2, -0.15) is 0 Å². The molecular weight excluding hydrogens is 254 g/mol. The third-order valence-electron chi connectivity index (χ3n) is 2.60. The topological polar surface area (TPSA) is 75.6 Å². The molecule has 1 rings (SSSR count). The number of aliphatic hydroxyl groups is 1. The van der Waals surface area contributed by atoms with Gasteiger partial charge in [0.15, 0.2) is 6.04 Å². The Morgan fingerprint density at radius 2 is 2.22 bits per heavy atom. The number of nitrogens with one attached hydrogen (secondary N) is 1. The molecule has 0 aromatic carbocycles. The second kappa shape index (κ2) is 6.51. The Labute approximate surface area is 110 Å². The first-order valence-corrected chi connectivity index (χ1v) is 6.44. The van der Waals surface area contributed by atoms with Crippen molar-refractivity contribution in [2.24, 2.45) is 0 Å². The second-order valence-electron chi connectivity index (χ2n) is 3.78. The fourth-order valence-corrected chi connectivity index (χ4v) is 2.55. The average Bonchev–Trinajstić information content (AvgIpc) is 2.76. The first-order chi connectivity index (χ1) is 8.53. The molecule has 1 atom stereocenters. The molecule has 1 aromatic heterocycles. The minimum atomic E-state index is -1.02. The Morgan fingerprint density at radius 1 is 1.56 bits per heavy atom. The van der Waals surface area contributed by atoms with Crippen molar-refractivity contribution >= 4 is 23.2 Å². The summed E-state index contributed by atoms with van der Waals surface area (Å²) in [5.74, 6) is -1.03. The molecule has 6 heteroatoms. The van der Waals surface area contributed by atoms with Crippen molar-refractivity contribution in [3.05, 3.63) is 21.4 Å². The molecule has 2 N–H and O–H groups in total. The van der Waals surface area contributed by atoms with Crippen LogP contribution in [-0.4, -0.2) is 36.7 Å². The maximum atomic E-state index is 11.9. The third-order valence-corrected chi connectivity index (χ3v) is 3.69. The maximum absolute atomic E-state index is 11.9. The molecule has 5 nitrogen and oxygen atoms in total. The summed E-state index contributed by atoms with van der Waals surface area (Å²) in [6.45, 7) is 3.48. The monoisotopic (exact) mass is 271 g/mol. The minimum absolute atomic E-state index is 0.368. The summed E-state index contributed by atoms with van der Waals surface area (Å²) in [4.78, 5) is 24.8. The molecule has 1 aromatic rings. The molecule has 1 unspecified atom stereocenters. The van der Waals surface area contributed by atoms with Gasteiger partial charge in [0.05, 0.1) is 18.6 Å². The molecule has 0 aliphatic heterocycles. The van der Waals surface area contributed by atoms with Crippen LogP contribution in [-0.2, 0) is 16.0 Å². The molecule has 1 heterocycles. The van der Waals surface area contributed by atoms with E-state index < -0.39 is 18.6 Å². The molecule has 18 heavy (non-hydrogen) atoms. The summed E-state index contributed by atoms with van der Waals surface area (Å²) in [7, 11) is 1.21. The first kappa shape index (κ1) is 14.7. The summed E-state index contributed by atoms with van der Waals surface area (Å²) < 4.78 is 4.48. The van der Waals surface area contributed by atoms with Crippen LogP contribution in [0.3, 0.4) is 0 Å². The van der Waals surface area contributed by atoms with E-state index in [1.165, 1.54) is 18.4 Å². The highest BCUT2D eigenvalue weighted by Gasteiger charge is 2.22. The highest BCUT2D eigenvalue weighted by molar-refractivity contribution is 7.14. The van der Waals surface area contributed by atoms with Crippen molar-refractivity contribution in [1.82, 2.24) is 5.32 Å². The van der Waals surface area contributed by atoms with Crippen molar-refractivity contribution in [1.29, 1.82) is 0 Å². The van der Waals surface area contributed by atoms with Crippen LogP contribution < -0.4 is 5.32 Å². The fraction of sp³-hybridized carbons (Fsp3) is 0.500. The van der Waals surface area contributed by atoms with Gasteiger partial charge in [-0.3, -0.25) is 4.79 Å². The molecule has 0 fully saturated rings. The fourth-order valence-electron chi connectivity index (χ4n) is 1.53. The standard InChI is InChI=1S/C12H17NO4S/c1-4-8-5-10(18-7(8)2)11(15)13-9(6-14)12(16)17-3/h5,9,14H,4,6H2,1-3H3,(H,13,15). The van der Waals surface area contributed by atoms with E-state index in [-0.39, 0.29) is 5.91 Å². The van der Waals surface area contributed by atoms with Gasteiger partial charge in [-0.25, -0.2) is 4.79 Å². The highest BCUT2D eigenvalue weighted by Crippen LogP contribution is 2.21. The van der Waals surface area contributed by atoms with E-state index in [1.54, 1.807) is 6.07 Å². The second-order valence-corrected chi connectivity index (χ2v) is 5.03. The van der Waals surface area contributed by atoms with Crippen molar-refractivity contribution in [2.75, 3.05) is 13.7 Å². The quantitative estimate of drug-likeness (QED) is 0.780. The average molecular weight is 271 g/mol. The normalized spacial score (nSPS) is 12.0. The Hall–Kier alpha value is -1.40. The molecule has 0 saturated carbocycles. The Bertz CT molecular complexity index is 441. The summed E-state index contributed by atoms with van der Waals surface area (Å²) in [6.07, 6.45) is 0.857. The van der Waals surface area contributed by atoms with Crippen molar-refractivity contribution in [2.45, 2.75) is 26.3 Å². The summed E-state index contributed by atoms with van der Waals surface area (Å²) in [6, 6.07) is 0.788. The van der Waals surface area contributed by atoms with E-state index in [1.807, 2.05) is 13.8 Å². The summed E-state index contributed by atoms with van der Waals surface area (Å²) >= 11 is 1.37. The number of aliphatic hydroxyl groups excluding tert-OH is 1. The number of methoxy groups -OCH3 is 1. The van der Waals surface area contributed by atoms with Gasteiger partial charge in [0.25, 0.3) is 5.91 Å². The minimum Gasteiger partial charge on any atom is -0.467 e. The molecule has 0 spiro atoms. The van der Waals surface area contributed by atoms with Gasteiger partial charge >= 0.3 is 5.97 Å². The number of carbonyl (C=O) groups excluding carboxylic acids is 2. The predicted molar refractivity (Wildman–Crippen MR) is 68.8 cm³/mol. The lowest BCUT2D eigenvalue weighted by molar-refractivity contribution is -0.143. The number of hydrogen-bond donors (Lipinski definition) is 2. The Morgan fingerprint density at radius 3 is 2.67 bits per heavy atom. The third kappa shape index (κ3) is 3.30. The number of esters is 1. The number of amides is 1. The van der Waals surface area contributed by atoms with Crippen molar-refractivity contribution < 1.29 is 19.4 Å². The van der Waals surface area contributed by atoms with Gasteiger partial charge in [0, 0.05) is 4.88 Å². The Balaban J connectivity index is 2.77. The smallest absolute Gasteiger partial charge is 0.330 e. The number of ether oxygens (including phenoxy) is 1. The van der Waals surface area contributed by atoms with Gasteiger partial charge in [-0.15, -0.1) is 11.3 Å². The van der Waals surface area contributed by atoms with E-state index in [9.17, 15) is 9.59 Å². The number of aryl methyl sites for hydroxylation is 2. The zero-order chi connectivity index (χ0) is 13.7. The lowest BCUT2D eigenvalue weighted by Gasteiger charge is -2.12. The van der Waals surface area contributed by atoms with Crippen LogP contribution in [0.15, 0.2) is 6.07 Å². The van der Waals surface area contributed by atoms with Crippen molar-refractivity contribution in [3.8, 4) is 0 Å². The van der Waals surface area contributed by atoms with Crippen molar-refractivity contribution in [3.63, 3.8) is 0 Å². The predicted octanol–water partition coefficient (Wildman–Crippen LogP) is 0.883. The molecule has 0 saturated heterocycles. The summed E-state index contributed by atoms with van der Waals surface area (Å²) in [5.41, 5.74) is 1.11. The van der Waals surface area contributed by atoms with E-state index in [0.29, 0.717) is 4.88 Å². The molecule has 0 radical (unpaired) electrons. The van der Waals surface area contributed by atoms with Crippen LogP contribution in [0.5, 0.6) is 0 Å². The largest absolute Gasteiger partial charge is 0.467 e. The number of hydrogen-bond acceptors (Lipinski definition) is 5. The number of carbonyl (C=O) groups is 2. The van der Waals surface area contributed by atoms with Crippen LogP contribution in [0.1, 0.15) is 27.0 Å². The zero-order valence-corrected chi connectivity index (χ0v) is 11.5. The number of thiophene rings is 1. The molecule has 1 amide bonds.